The number of fused-ring (bicyclic) bond motifs is 1. The summed E-state index contributed by atoms with van der Waals surface area (Å²) in [5.74, 6) is 1.98. The molecule has 2 bridgehead atoms. The summed E-state index contributed by atoms with van der Waals surface area (Å²) in [5, 5.41) is 3.70. The SMILES string of the molecule is Cc1ccc2c3c1O[C@H]1C(=O)CCC4C5NCC5(C2)CC341. The third kappa shape index (κ3) is 0.953. The van der Waals surface area contributed by atoms with Gasteiger partial charge in [0.1, 0.15) is 5.75 Å². The Morgan fingerprint density at radius 2 is 2.29 bits per heavy atom. The smallest absolute Gasteiger partial charge is 0.174 e. The number of hydrogen-bond acceptors (Lipinski definition) is 3. The lowest BCUT2D eigenvalue weighted by Crippen LogP contribution is -2.62. The van der Waals surface area contributed by atoms with E-state index in [-0.39, 0.29) is 11.5 Å². The van der Waals surface area contributed by atoms with Crippen molar-refractivity contribution in [1.29, 1.82) is 0 Å². The van der Waals surface area contributed by atoms with E-state index in [1.165, 1.54) is 29.5 Å². The van der Waals surface area contributed by atoms with Crippen molar-refractivity contribution in [2.45, 2.75) is 50.2 Å². The Kier molecular flexibility index (Phi) is 1.63. The Bertz CT molecular complexity index is 726. The molecule has 5 aliphatic rings. The lowest BCUT2D eigenvalue weighted by Gasteiger charge is -2.48. The van der Waals surface area contributed by atoms with E-state index in [1.807, 2.05) is 0 Å². The molecule has 2 spiro atoms. The van der Waals surface area contributed by atoms with Gasteiger partial charge in [-0.3, -0.25) is 4.79 Å². The number of benzene rings is 1. The van der Waals surface area contributed by atoms with Crippen molar-refractivity contribution in [3.8, 4) is 5.75 Å². The zero-order valence-electron chi connectivity index (χ0n) is 12.2. The number of carbonyl (C=O) groups excluding carboxylic acids is 1. The molecule has 2 aliphatic heterocycles. The molecule has 3 nitrogen and oxygen atoms in total. The fourth-order valence-electron chi connectivity index (χ4n) is 6.53. The van der Waals surface area contributed by atoms with E-state index in [0.717, 1.165) is 18.7 Å². The van der Waals surface area contributed by atoms with Crippen LogP contribution in [0.1, 0.15) is 36.0 Å². The molecule has 1 aromatic carbocycles. The molecule has 3 heteroatoms. The Labute approximate surface area is 124 Å². The number of ketones is 1. The summed E-state index contributed by atoms with van der Waals surface area (Å²) in [7, 11) is 0. The minimum Gasteiger partial charge on any atom is -0.481 e. The van der Waals surface area contributed by atoms with Crippen molar-refractivity contribution in [2.24, 2.45) is 11.3 Å². The lowest BCUT2D eigenvalue weighted by molar-refractivity contribution is -0.132. The molecule has 6 rings (SSSR count). The van der Waals surface area contributed by atoms with Crippen LogP contribution in [0.4, 0.5) is 0 Å². The van der Waals surface area contributed by atoms with Gasteiger partial charge < -0.3 is 10.1 Å². The van der Waals surface area contributed by atoms with E-state index in [1.54, 1.807) is 0 Å². The first-order chi connectivity index (χ1) is 10.2. The summed E-state index contributed by atoms with van der Waals surface area (Å²) in [5.41, 5.74) is 4.49. The van der Waals surface area contributed by atoms with Crippen LogP contribution in [-0.4, -0.2) is 24.5 Å². The van der Waals surface area contributed by atoms with Gasteiger partial charge in [-0.2, -0.15) is 0 Å². The number of Topliss-reactive ketones (excluding diaryl/α,β-unsaturated/α-hetero) is 1. The Balaban J connectivity index is 1.72. The average Bonchev–Trinajstić information content (AvgIpc) is 2.89. The van der Waals surface area contributed by atoms with Crippen LogP contribution in [0.15, 0.2) is 12.1 Å². The molecule has 5 atom stereocenters. The van der Waals surface area contributed by atoms with Crippen LogP contribution in [0.3, 0.4) is 0 Å². The second kappa shape index (κ2) is 3.05. The van der Waals surface area contributed by atoms with E-state index >= 15 is 0 Å². The molecule has 21 heavy (non-hydrogen) atoms. The number of nitrogens with one attached hydrogen (secondary N) is 1. The first-order valence-corrected chi connectivity index (χ1v) is 8.21. The number of hydrogen-bond donors (Lipinski definition) is 1. The summed E-state index contributed by atoms with van der Waals surface area (Å²) in [6.07, 6.45) is 3.90. The number of aryl methyl sites for hydroxylation is 1. The van der Waals surface area contributed by atoms with Crippen molar-refractivity contribution in [3.63, 3.8) is 0 Å². The molecule has 3 aliphatic carbocycles. The zero-order chi connectivity index (χ0) is 14.0. The molecule has 0 aromatic heterocycles. The minimum absolute atomic E-state index is 0.00155. The predicted octanol–water partition coefficient (Wildman–Crippen LogP) is 1.89. The standard InChI is InChI=1S/C18H19NO2/c1-9-2-3-10-6-17-7-18-11(15(17)19-8-17)4-5-12(20)16(18)21-14(9)13(10)18/h2-3,11,15-16,19H,4-8H2,1H3/t11?,15?,16-,17?,18?/m0/s1. The van der Waals surface area contributed by atoms with Crippen molar-refractivity contribution >= 4 is 5.78 Å². The minimum atomic E-state index is -0.198. The lowest BCUT2D eigenvalue weighted by atomic mass is 9.59. The number of ether oxygens (including phenoxy) is 1. The molecule has 1 N–H and O–H groups in total. The third-order valence-corrected chi connectivity index (χ3v) is 7.19. The Morgan fingerprint density at radius 1 is 1.38 bits per heavy atom. The molecule has 2 saturated carbocycles. The van der Waals surface area contributed by atoms with Crippen molar-refractivity contribution in [2.75, 3.05) is 6.54 Å². The second-order valence-corrected chi connectivity index (χ2v) is 7.97. The van der Waals surface area contributed by atoms with Crippen molar-refractivity contribution in [3.05, 3.63) is 28.8 Å². The van der Waals surface area contributed by atoms with E-state index < -0.39 is 0 Å². The quantitative estimate of drug-likeness (QED) is 0.789. The molecule has 4 unspecified atom stereocenters. The summed E-state index contributed by atoms with van der Waals surface area (Å²) in [4.78, 5) is 12.6. The first kappa shape index (κ1) is 11.2. The van der Waals surface area contributed by atoms with Crippen molar-refractivity contribution < 1.29 is 9.53 Å². The maximum Gasteiger partial charge on any atom is 0.174 e. The van der Waals surface area contributed by atoms with Crippen LogP contribution in [0, 0.1) is 18.3 Å². The van der Waals surface area contributed by atoms with E-state index in [9.17, 15) is 4.79 Å². The Hall–Kier alpha value is -1.35. The van der Waals surface area contributed by atoms with E-state index in [0.29, 0.717) is 29.6 Å². The highest BCUT2D eigenvalue weighted by Gasteiger charge is 2.75. The summed E-state index contributed by atoms with van der Waals surface area (Å²) in [6, 6.07) is 5.10. The normalized spacial score (nSPS) is 47.5. The van der Waals surface area contributed by atoms with Gasteiger partial charge in [-0.05, 0) is 43.2 Å². The van der Waals surface area contributed by atoms with Gasteiger partial charge in [-0.1, -0.05) is 12.1 Å². The fraction of sp³-hybridized carbons (Fsp3) is 0.611. The maximum atomic E-state index is 12.6. The molecule has 2 heterocycles. The second-order valence-electron chi connectivity index (χ2n) is 7.97. The van der Waals surface area contributed by atoms with Crippen LogP contribution in [0.5, 0.6) is 5.75 Å². The third-order valence-electron chi connectivity index (χ3n) is 7.19. The molecule has 0 radical (unpaired) electrons. The van der Waals surface area contributed by atoms with E-state index in [4.69, 9.17) is 4.74 Å². The molecule has 108 valence electrons. The highest BCUT2D eigenvalue weighted by Crippen LogP contribution is 2.70. The van der Waals surface area contributed by atoms with Gasteiger partial charge in [0, 0.05) is 35.4 Å². The van der Waals surface area contributed by atoms with Crippen LogP contribution in [-0.2, 0) is 16.6 Å². The fourth-order valence-corrected chi connectivity index (χ4v) is 6.53. The van der Waals surface area contributed by atoms with Crippen LogP contribution in [0.25, 0.3) is 0 Å². The molecule has 1 saturated heterocycles. The van der Waals surface area contributed by atoms with Crippen LogP contribution >= 0.6 is 0 Å². The van der Waals surface area contributed by atoms with Gasteiger partial charge >= 0.3 is 0 Å². The average molecular weight is 281 g/mol. The highest BCUT2D eigenvalue weighted by atomic mass is 16.5. The van der Waals surface area contributed by atoms with Crippen molar-refractivity contribution in [1.82, 2.24) is 5.32 Å². The molecular weight excluding hydrogens is 262 g/mol. The monoisotopic (exact) mass is 281 g/mol. The van der Waals surface area contributed by atoms with Gasteiger partial charge in [0.15, 0.2) is 11.9 Å². The predicted molar refractivity (Wildman–Crippen MR) is 77.5 cm³/mol. The van der Waals surface area contributed by atoms with Gasteiger partial charge in [0.2, 0.25) is 0 Å². The largest absolute Gasteiger partial charge is 0.481 e. The maximum absolute atomic E-state index is 12.6. The molecular formula is C18H19NO2. The van der Waals surface area contributed by atoms with Gasteiger partial charge in [-0.25, -0.2) is 0 Å². The van der Waals surface area contributed by atoms with Crippen LogP contribution < -0.4 is 10.1 Å². The van der Waals surface area contributed by atoms with Gasteiger partial charge in [-0.15, -0.1) is 0 Å². The van der Waals surface area contributed by atoms with Gasteiger partial charge in [0.25, 0.3) is 0 Å². The number of carbonyl (C=O) groups is 1. The Morgan fingerprint density at radius 3 is 3.10 bits per heavy atom. The van der Waals surface area contributed by atoms with E-state index in [2.05, 4.69) is 24.4 Å². The number of rotatable bonds is 0. The molecule has 3 fully saturated rings. The highest BCUT2D eigenvalue weighted by molar-refractivity contribution is 5.89. The zero-order valence-corrected chi connectivity index (χ0v) is 12.2. The summed E-state index contributed by atoms with van der Waals surface area (Å²) < 4.78 is 6.31. The summed E-state index contributed by atoms with van der Waals surface area (Å²) >= 11 is 0. The first-order valence-electron chi connectivity index (χ1n) is 8.21. The topological polar surface area (TPSA) is 38.3 Å². The van der Waals surface area contributed by atoms with Gasteiger partial charge in [0.05, 0.1) is 0 Å². The molecule has 1 aromatic rings. The van der Waals surface area contributed by atoms with Crippen LogP contribution in [0.2, 0.25) is 0 Å². The molecule has 0 amide bonds. The summed E-state index contributed by atoms with van der Waals surface area (Å²) in [6.45, 7) is 3.24.